The van der Waals surface area contributed by atoms with Crippen molar-refractivity contribution in [2.75, 3.05) is 11.9 Å². The summed E-state index contributed by atoms with van der Waals surface area (Å²) in [5.41, 5.74) is 0.353. The molecular formula is C16H10N4O6S2. The number of hydrogen-bond acceptors (Lipinski definition) is 8. The molecule has 3 aromatic rings. The zero-order chi connectivity index (χ0) is 20.1. The van der Waals surface area contributed by atoms with Crippen molar-refractivity contribution in [2.24, 2.45) is 0 Å². The number of sulfonamides is 1. The van der Waals surface area contributed by atoms with Gasteiger partial charge in [0, 0.05) is 12.1 Å². The third-order valence-electron chi connectivity index (χ3n) is 4.03. The Balaban J connectivity index is 1.55. The van der Waals surface area contributed by atoms with E-state index in [-0.39, 0.29) is 21.3 Å². The molecule has 1 aliphatic heterocycles. The molecule has 0 atom stereocenters. The Kier molecular flexibility index (Phi) is 4.08. The molecule has 1 N–H and O–H groups in total. The first-order valence-corrected chi connectivity index (χ1v) is 10.0. The maximum Gasteiger partial charge on any atom is 0.270 e. The van der Waals surface area contributed by atoms with Crippen LogP contribution in [-0.4, -0.2) is 41.0 Å². The van der Waals surface area contributed by atoms with Crippen LogP contribution in [0.5, 0.6) is 0 Å². The summed E-state index contributed by atoms with van der Waals surface area (Å²) in [5, 5.41) is 13.4. The van der Waals surface area contributed by atoms with Gasteiger partial charge in [0.25, 0.3) is 21.6 Å². The topological polar surface area (TPSA) is 140 Å². The zero-order valence-corrected chi connectivity index (χ0v) is 15.5. The van der Waals surface area contributed by atoms with Crippen LogP contribution in [0.3, 0.4) is 0 Å². The first-order chi connectivity index (χ1) is 13.3. The van der Waals surface area contributed by atoms with Gasteiger partial charge < -0.3 is 5.32 Å². The molecule has 12 heteroatoms. The molecule has 142 valence electrons. The standard InChI is InChI=1S/C16H10N4O6S2/c21-14(8-19-15(22)10-3-1-2-4-13(10)28(19,25)26)18-16-17-11-6-5-9(20(23)24)7-12(11)27-16/h1-7H,8H2,(H,17,18,21). The van der Waals surface area contributed by atoms with Gasteiger partial charge >= 0.3 is 0 Å². The van der Waals surface area contributed by atoms with Crippen molar-refractivity contribution >= 4 is 54.2 Å². The van der Waals surface area contributed by atoms with Gasteiger partial charge in [-0.1, -0.05) is 23.5 Å². The zero-order valence-electron chi connectivity index (χ0n) is 13.9. The van der Waals surface area contributed by atoms with Crippen molar-refractivity contribution in [3.05, 3.63) is 58.1 Å². The molecule has 2 heterocycles. The fraction of sp³-hybridized carbons (Fsp3) is 0.0625. The summed E-state index contributed by atoms with van der Waals surface area (Å²) in [7, 11) is -4.09. The van der Waals surface area contributed by atoms with Crippen molar-refractivity contribution in [1.82, 2.24) is 9.29 Å². The molecule has 2 aromatic carbocycles. The molecule has 1 aliphatic rings. The van der Waals surface area contributed by atoms with Crippen molar-refractivity contribution in [3.63, 3.8) is 0 Å². The molecule has 1 aromatic heterocycles. The van der Waals surface area contributed by atoms with Crippen LogP contribution in [0.15, 0.2) is 47.4 Å². The molecule has 0 unspecified atom stereocenters. The van der Waals surface area contributed by atoms with Gasteiger partial charge in [-0.25, -0.2) is 17.7 Å². The van der Waals surface area contributed by atoms with E-state index in [1.807, 2.05) is 0 Å². The molecular weight excluding hydrogens is 408 g/mol. The number of aromatic nitrogens is 1. The molecule has 0 radical (unpaired) electrons. The maximum atomic E-state index is 12.5. The number of carbonyl (C=O) groups is 2. The van der Waals surface area contributed by atoms with Gasteiger partial charge in [0.05, 0.1) is 20.7 Å². The summed E-state index contributed by atoms with van der Waals surface area (Å²) >= 11 is 1.00. The van der Waals surface area contributed by atoms with Crippen molar-refractivity contribution in [2.45, 2.75) is 4.90 Å². The Labute approximate surface area is 161 Å². The average molecular weight is 418 g/mol. The van der Waals surface area contributed by atoms with Crippen LogP contribution in [0.1, 0.15) is 10.4 Å². The number of anilines is 1. The quantitative estimate of drug-likeness (QED) is 0.505. The number of benzene rings is 2. The molecule has 0 spiro atoms. The predicted molar refractivity (Wildman–Crippen MR) is 99.6 cm³/mol. The molecule has 10 nitrogen and oxygen atoms in total. The van der Waals surface area contributed by atoms with E-state index >= 15 is 0 Å². The predicted octanol–water partition coefficient (Wildman–Crippen LogP) is 1.99. The first kappa shape index (κ1) is 18.0. The van der Waals surface area contributed by atoms with E-state index in [1.54, 1.807) is 0 Å². The summed E-state index contributed by atoms with van der Waals surface area (Å²) in [6.45, 7) is -0.702. The van der Waals surface area contributed by atoms with Crippen LogP contribution >= 0.6 is 11.3 Å². The van der Waals surface area contributed by atoms with E-state index < -0.39 is 33.3 Å². The number of nitro groups is 1. The van der Waals surface area contributed by atoms with Crippen LogP contribution in [0.4, 0.5) is 10.8 Å². The number of amides is 2. The largest absolute Gasteiger partial charge is 0.300 e. The van der Waals surface area contributed by atoms with Crippen molar-refractivity contribution in [3.8, 4) is 0 Å². The Bertz CT molecular complexity index is 1270. The number of hydrogen-bond donors (Lipinski definition) is 1. The SMILES string of the molecule is O=C(CN1C(=O)c2ccccc2S1(=O)=O)Nc1nc2ccc([N+](=O)[O-])cc2s1. The minimum Gasteiger partial charge on any atom is -0.300 e. The van der Waals surface area contributed by atoms with Gasteiger partial charge in [-0.2, -0.15) is 0 Å². The number of carbonyl (C=O) groups excluding carboxylic acids is 2. The second-order valence-corrected chi connectivity index (χ2v) is 8.65. The van der Waals surface area contributed by atoms with Crippen molar-refractivity contribution < 1.29 is 22.9 Å². The molecule has 0 fully saturated rings. The van der Waals surface area contributed by atoms with Gasteiger partial charge in [-0.05, 0) is 18.2 Å². The Morgan fingerprint density at radius 2 is 2.00 bits per heavy atom. The van der Waals surface area contributed by atoms with E-state index in [0.717, 1.165) is 11.3 Å². The minimum absolute atomic E-state index is 0.0163. The number of thiazole rings is 1. The fourth-order valence-electron chi connectivity index (χ4n) is 2.76. The monoisotopic (exact) mass is 418 g/mol. The van der Waals surface area contributed by atoms with E-state index in [1.165, 1.54) is 42.5 Å². The van der Waals surface area contributed by atoms with Gasteiger partial charge in [0.1, 0.15) is 11.4 Å². The van der Waals surface area contributed by atoms with Crippen LogP contribution in [0.2, 0.25) is 0 Å². The third-order valence-corrected chi connectivity index (χ3v) is 6.75. The first-order valence-electron chi connectivity index (χ1n) is 7.78. The van der Waals surface area contributed by atoms with E-state index in [9.17, 15) is 28.1 Å². The Morgan fingerprint density at radius 1 is 1.25 bits per heavy atom. The molecule has 0 saturated heterocycles. The normalized spacial score (nSPS) is 14.9. The molecule has 4 rings (SSSR count). The van der Waals surface area contributed by atoms with Gasteiger partial charge in [-0.3, -0.25) is 19.7 Å². The summed E-state index contributed by atoms with van der Waals surface area (Å²) < 4.78 is 25.9. The third kappa shape index (κ3) is 2.88. The lowest BCUT2D eigenvalue weighted by Crippen LogP contribution is -2.37. The highest BCUT2D eigenvalue weighted by atomic mass is 32.2. The lowest BCUT2D eigenvalue weighted by Gasteiger charge is -2.13. The maximum absolute atomic E-state index is 12.5. The minimum atomic E-state index is -4.09. The van der Waals surface area contributed by atoms with Crippen LogP contribution in [-0.2, 0) is 14.8 Å². The Morgan fingerprint density at radius 3 is 2.71 bits per heavy atom. The number of fused-ring (bicyclic) bond motifs is 2. The number of nitrogens with one attached hydrogen (secondary N) is 1. The second-order valence-electron chi connectivity index (χ2n) is 5.79. The van der Waals surface area contributed by atoms with Crippen LogP contribution in [0.25, 0.3) is 10.2 Å². The number of nitrogens with zero attached hydrogens (tertiary/aromatic N) is 3. The summed E-state index contributed by atoms with van der Waals surface area (Å²) in [5.74, 6) is -1.52. The van der Waals surface area contributed by atoms with Crippen LogP contribution < -0.4 is 5.32 Å². The molecule has 2 amide bonds. The lowest BCUT2D eigenvalue weighted by atomic mass is 10.2. The summed E-state index contributed by atoms with van der Waals surface area (Å²) in [6.07, 6.45) is 0. The van der Waals surface area contributed by atoms with Crippen molar-refractivity contribution in [1.29, 1.82) is 0 Å². The van der Waals surface area contributed by atoms with Gasteiger partial charge in [0.2, 0.25) is 5.91 Å². The van der Waals surface area contributed by atoms with E-state index in [2.05, 4.69) is 10.3 Å². The fourth-order valence-corrected chi connectivity index (χ4v) is 5.20. The number of non-ortho nitro benzene ring substituents is 1. The molecule has 0 bridgehead atoms. The van der Waals surface area contributed by atoms with Gasteiger partial charge in [-0.15, -0.1) is 0 Å². The number of nitro benzene ring substituents is 1. The molecule has 0 aliphatic carbocycles. The van der Waals surface area contributed by atoms with Crippen LogP contribution in [0, 0.1) is 10.1 Å². The highest BCUT2D eigenvalue weighted by Gasteiger charge is 2.41. The average Bonchev–Trinajstić information content (AvgIpc) is 3.13. The lowest BCUT2D eigenvalue weighted by molar-refractivity contribution is -0.384. The Hall–Kier alpha value is -3.38. The second kappa shape index (κ2) is 6.35. The van der Waals surface area contributed by atoms with E-state index in [0.29, 0.717) is 14.5 Å². The summed E-state index contributed by atoms with van der Waals surface area (Å²) in [4.78, 5) is 38.9. The van der Waals surface area contributed by atoms with E-state index in [4.69, 9.17) is 0 Å². The molecule has 0 saturated carbocycles. The highest BCUT2D eigenvalue weighted by molar-refractivity contribution is 7.90. The summed E-state index contributed by atoms with van der Waals surface area (Å²) in [6, 6.07) is 9.79. The smallest absolute Gasteiger partial charge is 0.270 e. The number of rotatable bonds is 4. The molecule has 28 heavy (non-hydrogen) atoms. The van der Waals surface area contributed by atoms with Gasteiger partial charge in [0.15, 0.2) is 5.13 Å². The highest BCUT2D eigenvalue weighted by Crippen LogP contribution is 2.31.